The fraction of sp³-hybridized carbons (Fsp3) is 0.562. The van der Waals surface area contributed by atoms with E-state index < -0.39 is 35.7 Å². The molecule has 1 aromatic carbocycles. The van der Waals surface area contributed by atoms with Crippen molar-refractivity contribution in [3.05, 3.63) is 34.9 Å². The fourth-order valence-electron chi connectivity index (χ4n) is 2.42. The normalized spacial score (nSPS) is 18.9. The summed E-state index contributed by atoms with van der Waals surface area (Å²) in [6, 6.07) is 1.27. The van der Waals surface area contributed by atoms with Gasteiger partial charge in [-0.3, -0.25) is 4.79 Å². The number of ether oxygens (including phenoxy) is 2. The molecule has 1 aliphatic rings. The molecule has 0 spiro atoms. The lowest BCUT2D eigenvalue weighted by Crippen LogP contribution is -2.25. The third kappa shape index (κ3) is 5.91. The molecule has 0 bridgehead atoms. The minimum Gasteiger partial charge on any atom is -0.436 e. The lowest BCUT2D eigenvalue weighted by Gasteiger charge is -2.22. The van der Waals surface area contributed by atoms with Gasteiger partial charge in [0.05, 0.1) is 17.7 Å². The number of carbonyl (C=O) groups excluding carboxylic acids is 1. The highest BCUT2D eigenvalue weighted by molar-refractivity contribution is 5.69. The van der Waals surface area contributed by atoms with Crippen molar-refractivity contribution in [3.63, 3.8) is 0 Å². The number of alkyl halides is 6. The summed E-state index contributed by atoms with van der Waals surface area (Å²) in [4.78, 5) is 11.7. The van der Waals surface area contributed by atoms with Crippen LogP contribution in [0.15, 0.2) is 18.2 Å². The van der Waals surface area contributed by atoms with Gasteiger partial charge >= 0.3 is 18.3 Å². The third-order valence-corrected chi connectivity index (χ3v) is 3.67. The van der Waals surface area contributed by atoms with Crippen LogP contribution in [-0.4, -0.2) is 18.9 Å². The summed E-state index contributed by atoms with van der Waals surface area (Å²) in [7, 11) is 0. The van der Waals surface area contributed by atoms with Gasteiger partial charge in [0.25, 0.3) is 0 Å². The summed E-state index contributed by atoms with van der Waals surface area (Å²) in [6.45, 7) is 0.445. The molecular weight excluding hydrogens is 354 g/mol. The Morgan fingerprint density at radius 3 is 2.12 bits per heavy atom. The minimum atomic E-state index is -4.91. The Kier molecular flexibility index (Phi) is 5.97. The number of hydrogen-bond donors (Lipinski definition) is 0. The van der Waals surface area contributed by atoms with E-state index in [1.54, 1.807) is 0 Å². The van der Waals surface area contributed by atoms with Crippen molar-refractivity contribution in [2.75, 3.05) is 6.61 Å². The second-order valence-electron chi connectivity index (χ2n) is 5.70. The Balaban J connectivity index is 2.06. The van der Waals surface area contributed by atoms with Gasteiger partial charge < -0.3 is 9.47 Å². The second-order valence-corrected chi connectivity index (χ2v) is 5.70. The molecule has 1 unspecified atom stereocenters. The molecule has 1 heterocycles. The maximum Gasteiger partial charge on any atom is 0.416 e. The van der Waals surface area contributed by atoms with E-state index in [-0.39, 0.29) is 24.5 Å². The molecule has 25 heavy (non-hydrogen) atoms. The zero-order valence-corrected chi connectivity index (χ0v) is 13.0. The Morgan fingerprint density at radius 1 is 1.04 bits per heavy atom. The van der Waals surface area contributed by atoms with Crippen LogP contribution in [0.3, 0.4) is 0 Å². The van der Waals surface area contributed by atoms with Gasteiger partial charge in [-0.2, -0.15) is 26.3 Å². The van der Waals surface area contributed by atoms with Crippen molar-refractivity contribution < 1.29 is 40.6 Å². The number of aryl methyl sites for hydroxylation is 1. The van der Waals surface area contributed by atoms with Crippen LogP contribution in [0, 0.1) is 0 Å². The molecule has 1 aromatic rings. The molecule has 0 aromatic heterocycles. The summed E-state index contributed by atoms with van der Waals surface area (Å²) in [5.74, 6) is -0.724. The van der Waals surface area contributed by atoms with Crippen LogP contribution in [0.1, 0.15) is 42.4 Å². The first-order valence-corrected chi connectivity index (χ1v) is 7.65. The Bertz CT molecular complexity index is 571. The Morgan fingerprint density at radius 2 is 1.64 bits per heavy atom. The van der Waals surface area contributed by atoms with Crippen molar-refractivity contribution in [2.24, 2.45) is 0 Å². The quantitative estimate of drug-likeness (QED) is 0.568. The number of rotatable bonds is 4. The van der Waals surface area contributed by atoms with Gasteiger partial charge in [-0.1, -0.05) is 0 Å². The summed E-state index contributed by atoms with van der Waals surface area (Å²) >= 11 is 0. The van der Waals surface area contributed by atoms with E-state index in [1.807, 2.05) is 0 Å². The average Bonchev–Trinajstić information content (AvgIpc) is 2.52. The first-order valence-electron chi connectivity index (χ1n) is 7.65. The molecule has 1 atom stereocenters. The number of hydrogen-bond acceptors (Lipinski definition) is 3. The van der Waals surface area contributed by atoms with Gasteiger partial charge in [-0.05, 0) is 43.0 Å². The maximum atomic E-state index is 12.8. The third-order valence-electron chi connectivity index (χ3n) is 3.67. The van der Waals surface area contributed by atoms with E-state index in [9.17, 15) is 31.1 Å². The van der Waals surface area contributed by atoms with E-state index in [0.717, 1.165) is 12.8 Å². The topological polar surface area (TPSA) is 35.5 Å². The highest BCUT2D eigenvalue weighted by Gasteiger charge is 2.36. The molecule has 9 heteroatoms. The predicted octanol–water partition coefficient (Wildman–Crippen LogP) is 4.73. The van der Waals surface area contributed by atoms with E-state index in [4.69, 9.17) is 9.47 Å². The van der Waals surface area contributed by atoms with Crippen LogP contribution >= 0.6 is 0 Å². The zero-order chi connectivity index (χ0) is 18.7. The molecule has 1 saturated heterocycles. The predicted molar refractivity (Wildman–Crippen MR) is 74.5 cm³/mol. The molecule has 140 valence electrons. The monoisotopic (exact) mass is 370 g/mol. The number of halogens is 6. The van der Waals surface area contributed by atoms with Crippen molar-refractivity contribution in [2.45, 2.75) is 50.7 Å². The van der Waals surface area contributed by atoms with Crippen molar-refractivity contribution >= 4 is 5.97 Å². The largest absolute Gasteiger partial charge is 0.436 e. The lowest BCUT2D eigenvalue weighted by atomic mass is 10.0. The molecule has 3 nitrogen and oxygen atoms in total. The molecule has 0 N–H and O–H groups in total. The molecular formula is C16H16F6O3. The van der Waals surface area contributed by atoms with Gasteiger partial charge in [-0.15, -0.1) is 0 Å². The van der Waals surface area contributed by atoms with Gasteiger partial charge in [-0.25, -0.2) is 0 Å². The summed E-state index contributed by atoms with van der Waals surface area (Å²) < 4.78 is 86.8. The SMILES string of the molecule is O=C(CCc1cc(C(F)(F)F)cc(C(F)(F)F)c1)OC1CCCCO1. The molecule has 0 radical (unpaired) electrons. The molecule has 1 fully saturated rings. The minimum absolute atomic E-state index is 0.0533. The van der Waals surface area contributed by atoms with E-state index in [2.05, 4.69) is 0 Å². The first-order chi connectivity index (χ1) is 11.6. The summed E-state index contributed by atoms with van der Waals surface area (Å²) in [5.41, 5.74) is -3.04. The summed E-state index contributed by atoms with van der Waals surface area (Å²) in [5, 5.41) is 0. The van der Waals surface area contributed by atoms with Crippen LogP contribution in [0.2, 0.25) is 0 Å². The highest BCUT2D eigenvalue weighted by Crippen LogP contribution is 2.36. The molecule has 2 rings (SSSR count). The van der Waals surface area contributed by atoms with Gasteiger partial charge in [0.1, 0.15) is 0 Å². The van der Waals surface area contributed by atoms with E-state index in [1.165, 1.54) is 0 Å². The average molecular weight is 370 g/mol. The fourth-order valence-corrected chi connectivity index (χ4v) is 2.42. The molecule has 0 aliphatic carbocycles. The van der Waals surface area contributed by atoms with Crippen molar-refractivity contribution in [3.8, 4) is 0 Å². The first kappa shape index (κ1) is 19.6. The second kappa shape index (κ2) is 7.63. The van der Waals surface area contributed by atoms with Gasteiger partial charge in [0.2, 0.25) is 6.29 Å². The standard InChI is InChI=1S/C16H16F6O3/c17-15(18,19)11-7-10(8-12(9-11)16(20,21)22)4-5-13(23)25-14-3-1-2-6-24-14/h7-9,14H,1-6H2. The van der Waals surface area contributed by atoms with Crippen LogP contribution in [0.25, 0.3) is 0 Å². The maximum absolute atomic E-state index is 12.8. The lowest BCUT2D eigenvalue weighted by molar-refractivity contribution is -0.186. The molecule has 1 aliphatic heterocycles. The number of esters is 1. The highest BCUT2D eigenvalue weighted by atomic mass is 19.4. The van der Waals surface area contributed by atoms with Crippen molar-refractivity contribution in [1.29, 1.82) is 0 Å². The number of carbonyl (C=O) groups is 1. The smallest absolute Gasteiger partial charge is 0.416 e. The van der Waals surface area contributed by atoms with Crippen molar-refractivity contribution in [1.82, 2.24) is 0 Å². The Labute approximate surface area is 139 Å². The Hall–Kier alpha value is -1.77. The van der Waals surface area contributed by atoms with Crippen LogP contribution < -0.4 is 0 Å². The van der Waals surface area contributed by atoms with Crippen LogP contribution in [-0.2, 0) is 33.0 Å². The van der Waals surface area contributed by atoms with E-state index in [0.29, 0.717) is 25.2 Å². The zero-order valence-electron chi connectivity index (χ0n) is 13.0. The van der Waals surface area contributed by atoms with E-state index >= 15 is 0 Å². The van der Waals surface area contributed by atoms with Crippen LogP contribution in [0.5, 0.6) is 0 Å². The van der Waals surface area contributed by atoms with Crippen LogP contribution in [0.4, 0.5) is 26.3 Å². The molecule has 0 saturated carbocycles. The molecule has 0 amide bonds. The summed E-state index contributed by atoms with van der Waals surface area (Å²) in [6.07, 6.45) is -8.96. The number of benzene rings is 1. The van der Waals surface area contributed by atoms with Gasteiger partial charge in [0, 0.05) is 12.8 Å². The van der Waals surface area contributed by atoms with Gasteiger partial charge in [0.15, 0.2) is 0 Å².